The average molecular weight is 345 g/mol. The molecule has 1 aromatic rings. The predicted octanol–water partition coefficient (Wildman–Crippen LogP) is 2.47. The minimum absolute atomic E-state index is 0.0103. The summed E-state index contributed by atoms with van der Waals surface area (Å²) < 4.78 is 0. The fourth-order valence-corrected chi connectivity index (χ4v) is 3.97. The van der Waals surface area contributed by atoms with E-state index in [2.05, 4.69) is 17.4 Å². The van der Waals surface area contributed by atoms with Gasteiger partial charge in [0.2, 0.25) is 0 Å². The van der Waals surface area contributed by atoms with Crippen molar-refractivity contribution >= 4 is 12.0 Å². The molecule has 0 aromatic heterocycles. The molecule has 136 valence electrons. The molecule has 25 heavy (non-hydrogen) atoms. The maximum Gasteiger partial charge on any atom is 0.318 e. The summed E-state index contributed by atoms with van der Waals surface area (Å²) in [6.07, 6.45) is 3.70. The molecule has 0 radical (unpaired) electrons. The van der Waals surface area contributed by atoms with Crippen molar-refractivity contribution in [2.75, 3.05) is 19.6 Å². The lowest BCUT2D eigenvalue weighted by atomic mass is 9.85. The number of likely N-dealkylation sites (tertiary alicyclic amines) is 1. The van der Waals surface area contributed by atoms with Crippen molar-refractivity contribution in [3.05, 3.63) is 35.9 Å². The Labute approximate surface area is 148 Å². The number of hydrogen-bond acceptors (Lipinski definition) is 3. The monoisotopic (exact) mass is 345 g/mol. The van der Waals surface area contributed by atoms with Gasteiger partial charge in [-0.1, -0.05) is 37.3 Å². The van der Waals surface area contributed by atoms with Crippen molar-refractivity contribution in [1.82, 2.24) is 15.1 Å². The summed E-state index contributed by atoms with van der Waals surface area (Å²) in [7, 11) is 0. The molecule has 1 saturated carbocycles. The topological polar surface area (TPSA) is 72.9 Å². The Morgan fingerprint density at radius 3 is 2.64 bits per heavy atom. The predicted molar refractivity (Wildman–Crippen MR) is 95.3 cm³/mol. The molecule has 1 saturated heterocycles. The zero-order valence-electron chi connectivity index (χ0n) is 14.7. The molecule has 1 aromatic carbocycles. The van der Waals surface area contributed by atoms with Crippen LogP contribution in [-0.4, -0.2) is 58.6 Å². The molecule has 1 atom stereocenters. The Kier molecular flexibility index (Phi) is 5.58. The molecule has 2 fully saturated rings. The number of carbonyl (C=O) groups excluding carboxylic acids is 1. The maximum atomic E-state index is 12.7. The fourth-order valence-electron chi connectivity index (χ4n) is 3.97. The summed E-state index contributed by atoms with van der Waals surface area (Å²) in [4.78, 5) is 27.5. The molecule has 1 aliphatic carbocycles. The minimum Gasteiger partial charge on any atom is -0.480 e. The fraction of sp³-hybridized carbons (Fsp3) is 0.579. The van der Waals surface area contributed by atoms with E-state index in [0.717, 1.165) is 38.8 Å². The number of nitrogens with one attached hydrogen (secondary N) is 1. The number of nitrogens with zero attached hydrogens (tertiary/aromatic N) is 2. The minimum atomic E-state index is -0.794. The van der Waals surface area contributed by atoms with Gasteiger partial charge in [0.15, 0.2) is 0 Å². The van der Waals surface area contributed by atoms with Crippen molar-refractivity contribution in [3.63, 3.8) is 0 Å². The van der Waals surface area contributed by atoms with E-state index in [1.807, 2.05) is 34.9 Å². The lowest BCUT2D eigenvalue weighted by Gasteiger charge is -2.43. The Bertz CT molecular complexity index is 601. The lowest BCUT2D eigenvalue weighted by molar-refractivity contribution is -0.139. The van der Waals surface area contributed by atoms with E-state index in [0.29, 0.717) is 0 Å². The highest BCUT2D eigenvalue weighted by molar-refractivity contribution is 5.75. The summed E-state index contributed by atoms with van der Waals surface area (Å²) in [6.45, 7) is 3.56. The van der Waals surface area contributed by atoms with Crippen LogP contribution < -0.4 is 5.32 Å². The molecule has 6 heteroatoms. The zero-order valence-corrected chi connectivity index (χ0v) is 14.7. The van der Waals surface area contributed by atoms with Gasteiger partial charge in [-0.15, -0.1) is 0 Å². The maximum absolute atomic E-state index is 12.7. The number of amides is 2. The third-order valence-electron chi connectivity index (χ3n) is 5.40. The number of carbonyl (C=O) groups is 2. The molecule has 3 rings (SSSR count). The van der Waals surface area contributed by atoms with E-state index in [-0.39, 0.29) is 30.7 Å². The quantitative estimate of drug-likeness (QED) is 0.831. The number of aliphatic carboxylic acids is 1. The number of likely N-dealkylation sites (N-methyl/N-ethyl adjacent to an activating group) is 1. The van der Waals surface area contributed by atoms with E-state index in [9.17, 15) is 9.59 Å². The smallest absolute Gasteiger partial charge is 0.318 e. The third-order valence-corrected chi connectivity index (χ3v) is 5.40. The van der Waals surface area contributed by atoms with Crippen LogP contribution in [0.1, 0.15) is 44.2 Å². The summed E-state index contributed by atoms with van der Waals surface area (Å²) in [6, 6.07) is 10.8. The Balaban J connectivity index is 1.51. The van der Waals surface area contributed by atoms with Crippen LogP contribution in [0, 0.1) is 0 Å². The Hall–Kier alpha value is -2.08. The van der Waals surface area contributed by atoms with Crippen molar-refractivity contribution in [2.24, 2.45) is 0 Å². The van der Waals surface area contributed by atoms with Crippen LogP contribution in [0.2, 0.25) is 0 Å². The van der Waals surface area contributed by atoms with Gasteiger partial charge in [0.1, 0.15) is 0 Å². The second-order valence-corrected chi connectivity index (χ2v) is 6.99. The van der Waals surface area contributed by atoms with E-state index >= 15 is 0 Å². The molecule has 6 nitrogen and oxygen atoms in total. The first-order chi connectivity index (χ1) is 12.1. The summed E-state index contributed by atoms with van der Waals surface area (Å²) >= 11 is 0. The van der Waals surface area contributed by atoms with E-state index in [4.69, 9.17) is 5.11 Å². The van der Waals surface area contributed by atoms with E-state index in [1.165, 1.54) is 5.56 Å². The SMILES string of the molecule is CCN(CC(=O)O)C1CC(NC(=O)N2CCCC2c2ccccc2)C1. The number of carboxylic acids is 1. The van der Waals surface area contributed by atoms with Gasteiger partial charge in [-0.2, -0.15) is 0 Å². The van der Waals surface area contributed by atoms with E-state index in [1.54, 1.807) is 0 Å². The van der Waals surface area contributed by atoms with Gasteiger partial charge in [0.25, 0.3) is 0 Å². The standard InChI is InChI=1S/C19H27N3O3/c1-2-21(13-18(23)24)16-11-15(12-16)20-19(25)22-10-6-9-17(22)14-7-4-3-5-8-14/h3-5,7-8,15-17H,2,6,9-13H2,1H3,(H,20,25)(H,23,24). The second kappa shape index (κ2) is 7.87. The highest BCUT2D eigenvalue weighted by atomic mass is 16.4. The summed E-state index contributed by atoms with van der Waals surface area (Å²) in [5.74, 6) is -0.794. The van der Waals surface area contributed by atoms with Crippen LogP contribution in [0.3, 0.4) is 0 Å². The number of urea groups is 1. The number of rotatable bonds is 6. The van der Waals surface area contributed by atoms with Crippen LogP contribution in [-0.2, 0) is 4.79 Å². The van der Waals surface area contributed by atoms with Crippen LogP contribution in [0.4, 0.5) is 4.79 Å². The first-order valence-electron chi connectivity index (χ1n) is 9.16. The lowest BCUT2D eigenvalue weighted by Crippen LogP contribution is -2.56. The molecule has 0 bridgehead atoms. The first-order valence-corrected chi connectivity index (χ1v) is 9.16. The normalized spacial score (nSPS) is 25.7. The summed E-state index contributed by atoms with van der Waals surface area (Å²) in [5.41, 5.74) is 1.19. The molecule has 2 N–H and O–H groups in total. The molecule has 0 spiro atoms. The van der Waals surface area contributed by atoms with Gasteiger partial charge in [-0.05, 0) is 37.8 Å². The molecule has 1 unspecified atom stereocenters. The third kappa shape index (κ3) is 4.12. The van der Waals surface area contributed by atoms with Crippen LogP contribution in [0.5, 0.6) is 0 Å². The second-order valence-electron chi connectivity index (χ2n) is 6.99. The van der Waals surface area contributed by atoms with Gasteiger partial charge in [-0.3, -0.25) is 9.69 Å². The molecule has 2 aliphatic rings. The molecule has 1 heterocycles. The van der Waals surface area contributed by atoms with Crippen LogP contribution in [0.15, 0.2) is 30.3 Å². The highest BCUT2D eigenvalue weighted by Gasteiger charge is 2.37. The van der Waals surface area contributed by atoms with Gasteiger partial charge in [-0.25, -0.2) is 4.79 Å². The van der Waals surface area contributed by atoms with Crippen molar-refractivity contribution < 1.29 is 14.7 Å². The van der Waals surface area contributed by atoms with Crippen LogP contribution in [0.25, 0.3) is 0 Å². The van der Waals surface area contributed by atoms with Gasteiger partial charge in [0, 0.05) is 18.6 Å². The van der Waals surface area contributed by atoms with E-state index < -0.39 is 5.97 Å². The number of hydrogen-bond donors (Lipinski definition) is 2. The van der Waals surface area contributed by atoms with Gasteiger partial charge >= 0.3 is 12.0 Å². The van der Waals surface area contributed by atoms with Crippen molar-refractivity contribution in [1.29, 1.82) is 0 Å². The van der Waals surface area contributed by atoms with Crippen LogP contribution >= 0.6 is 0 Å². The molecule has 2 amide bonds. The van der Waals surface area contributed by atoms with Crippen molar-refractivity contribution in [3.8, 4) is 0 Å². The number of carboxylic acid groups (broad SMARTS) is 1. The highest BCUT2D eigenvalue weighted by Crippen LogP contribution is 2.32. The Morgan fingerprint density at radius 2 is 2.00 bits per heavy atom. The first kappa shape index (κ1) is 17.7. The van der Waals surface area contributed by atoms with Crippen molar-refractivity contribution in [2.45, 2.75) is 50.7 Å². The zero-order chi connectivity index (χ0) is 17.8. The largest absolute Gasteiger partial charge is 0.480 e. The summed E-state index contributed by atoms with van der Waals surface area (Å²) in [5, 5.41) is 12.1. The Morgan fingerprint density at radius 1 is 1.28 bits per heavy atom. The molecule has 1 aliphatic heterocycles. The number of benzene rings is 1. The molecular weight excluding hydrogens is 318 g/mol. The average Bonchev–Trinajstić information content (AvgIpc) is 3.06. The van der Waals surface area contributed by atoms with Gasteiger partial charge < -0.3 is 15.3 Å². The molecular formula is C19H27N3O3. The van der Waals surface area contributed by atoms with Gasteiger partial charge in [0.05, 0.1) is 12.6 Å².